The van der Waals surface area contributed by atoms with Gasteiger partial charge >= 0.3 is 5.97 Å². The van der Waals surface area contributed by atoms with Crippen LogP contribution in [0.3, 0.4) is 0 Å². The van der Waals surface area contributed by atoms with E-state index in [4.69, 9.17) is 10.8 Å². The Bertz CT molecular complexity index is 517. The number of nitrogen functional groups attached to an aromatic ring is 1. The Morgan fingerprint density at radius 3 is 3.00 bits per heavy atom. The number of hydrogen-bond acceptors (Lipinski definition) is 4. The standard InChI is InChI=1S/C8H8N4O2/c1-4-6(8(13)14)11-5-2-3-10-12(5)7(4)9/h2-3H,9H2,1H3,(H,13,14). The molecule has 0 radical (unpaired) electrons. The monoisotopic (exact) mass is 192 g/mol. The predicted octanol–water partition coefficient (Wildman–Crippen LogP) is 0.318. The molecule has 0 aliphatic heterocycles. The molecule has 3 N–H and O–H groups in total. The highest BCUT2D eigenvalue weighted by Crippen LogP contribution is 2.15. The van der Waals surface area contributed by atoms with E-state index in [1.165, 1.54) is 10.7 Å². The van der Waals surface area contributed by atoms with Crippen molar-refractivity contribution in [2.75, 3.05) is 5.73 Å². The minimum Gasteiger partial charge on any atom is -0.476 e. The first-order valence-electron chi connectivity index (χ1n) is 3.94. The lowest BCUT2D eigenvalue weighted by molar-refractivity contribution is 0.0690. The summed E-state index contributed by atoms with van der Waals surface area (Å²) in [5.74, 6) is -0.782. The van der Waals surface area contributed by atoms with Gasteiger partial charge in [-0.05, 0) is 6.92 Å². The van der Waals surface area contributed by atoms with Crippen molar-refractivity contribution in [1.29, 1.82) is 0 Å². The van der Waals surface area contributed by atoms with E-state index in [9.17, 15) is 4.79 Å². The molecule has 2 rings (SSSR count). The molecule has 0 aliphatic rings. The molecule has 0 aromatic carbocycles. The van der Waals surface area contributed by atoms with Gasteiger partial charge in [-0.15, -0.1) is 0 Å². The van der Waals surface area contributed by atoms with Crippen molar-refractivity contribution in [3.63, 3.8) is 0 Å². The third kappa shape index (κ3) is 1.00. The minimum absolute atomic E-state index is 0.0319. The summed E-state index contributed by atoms with van der Waals surface area (Å²) in [4.78, 5) is 14.7. The third-order valence-electron chi connectivity index (χ3n) is 2.02. The topological polar surface area (TPSA) is 93.5 Å². The zero-order chi connectivity index (χ0) is 10.3. The van der Waals surface area contributed by atoms with Crippen LogP contribution < -0.4 is 5.73 Å². The van der Waals surface area contributed by atoms with Gasteiger partial charge in [0.25, 0.3) is 0 Å². The molecule has 0 aliphatic carbocycles. The van der Waals surface area contributed by atoms with Crippen molar-refractivity contribution >= 4 is 17.4 Å². The number of carboxylic acid groups (broad SMARTS) is 1. The highest BCUT2D eigenvalue weighted by Gasteiger charge is 2.14. The number of nitrogens with zero attached hydrogens (tertiary/aromatic N) is 3. The molecule has 0 fully saturated rings. The predicted molar refractivity (Wildman–Crippen MR) is 49.1 cm³/mol. The smallest absolute Gasteiger partial charge is 0.354 e. The summed E-state index contributed by atoms with van der Waals surface area (Å²) in [5.41, 5.74) is 6.53. The fourth-order valence-electron chi connectivity index (χ4n) is 1.25. The molecular formula is C8H8N4O2. The van der Waals surface area contributed by atoms with Crippen LogP contribution in [0.15, 0.2) is 12.3 Å². The zero-order valence-corrected chi connectivity index (χ0v) is 7.43. The molecular weight excluding hydrogens is 184 g/mol. The Labute approximate surface area is 79.0 Å². The number of aromatic carboxylic acids is 1. The van der Waals surface area contributed by atoms with E-state index in [1.807, 2.05) is 0 Å². The summed E-state index contributed by atoms with van der Waals surface area (Å²) in [5, 5.41) is 12.8. The third-order valence-corrected chi connectivity index (χ3v) is 2.02. The first-order chi connectivity index (χ1) is 6.61. The molecule has 0 bridgehead atoms. The molecule has 14 heavy (non-hydrogen) atoms. The zero-order valence-electron chi connectivity index (χ0n) is 7.43. The van der Waals surface area contributed by atoms with Crippen molar-refractivity contribution in [3.05, 3.63) is 23.5 Å². The van der Waals surface area contributed by atoms with E-state index in [2.05, 4.69) is 10.1 Å². The van der Waals surface area contributed by atoms with Gasteiger partial charge in [0, 0.05) is 11.6 Å². The van der Waals surface area contributed by atoms with Gasteiger partial charge in [0.1, 0.15) is 5.82 Å². The number of carbonyl (C=O) groups is 1. The van der Waals surface area contributed by atoms with Crippen molar-refractivity contribution in [1.82, 2.24) is 14.6 Å². The van der Waals surface area contributed by atoms with E-state index in [0.29, 0.717) is 17.0 Å². The maximum atomic E-state index is 10.8. The molecule has 72 valence electrons. The highest BCUT2D eigenvalue weighted by molar-refractivity contribution is 5.89. The Balaban J connectivity index is 2.87. The van der Waals surface area contributed by atoms with Gasteiger partial charge < -0.3 is 10.8 Å². The summed E-state index contributed by atoms with van der Waals surface area (Å²) in [6, 6.07) is 1.60. The second-order valence-electron chi connectivity index (χ2n) is 2.88. The molecule has 6 heteroatoms. The maximum Gasteiger partial charge on any atom is 0.354 e. The summed E-state index contributed by atoms with van der Waals surface area (Å²) in [6.45, 7) is 1.60. The quantitative estimate of drug-likeness (QED) is 0.678. The van der Waals surface area contributed by atoms with E-state index < -0.39 is 5.97 Å². The van der Waals surface area contributed by atoms with Gasteiger partial charge in [-0.2, -0.15) is 9.61 Å². The first-order valence-corrected chi connectivity index (χ1v) is 3.94. The summed E-state index contributed by atoms with van der Waals surface area (Å²) < 4.78 is 1.40. The van der Waals surface area contributed by atoms with Crippen LogP contribution in [0.25, 0.3) is 5.65 Å². The Morgan fingerprint density at radius 1 is 1.64 bits per heavy atom. The number of carboxylic acids is 1. The van der Waals surface area contributed by atoms with Crippen LogP contribution in [-0.4, -0.2) is 25.7 Å². The Kier molecular flexibility index (Phi) is 1.63. The van der Waals surface area contributed by atoms with Crippen LogP contribution in [0.4, 0.5) is 5.82 Å². The molecule has 6 nitrogen and oxygen atoms in total. The fraction of sp³-hybridized carbons (Fsp3) is 0.125. The molecule has 2 aromatic heterocycles. The van der Waals surface area contributed by atoms with Crippen molar-refractivity contribution in [2.24, 2.45) is 0 Å². The van der Waals surface area contributed by atoms with E-state index in [-0.39, 0.29) is 5.69 Å². The van der Waals surface area contributed by atoms with Crippen LogP contribution in [-0.2, 0) is 0 Å². The van der Waals surface area contributed by atoms with Crippen molar-refractivity contribution < 1.29 is 9.90 Å². The van der Waals surface area contributed by atoms with E-state index in [1.54, 1.807) is 13.0 Å². The van der Waals surface area contributed by atoms with Crippen LogP contribution in [0.2, 0.25) is 0 Å². The van der Waals surface area contributed by atoms with Crippen LogP contribution >= 0.6 is 0 Å². The minimum atomic E-state index is -1.09. The summed E-state index contributed by atoms with van der Waals surface area (Å²) in [7, 11) is 0. The lowest BCUT2D eigenvalue weighted by atomic mass is 10.2. The van der Waals surface area contributed by atoms with Gasteiger partial charge in [0.2, 0.25) is 0 Å². The van der Waals surface area contributed by atoms with E-state index >= 15 is 0 Å². The largest absolute Gasteiger partial charge is 0.476 e. The molecule has 0 saturated carbocycles. The fourth-order valence-corrected chi connectivity index (χ4v) is 1.25. The Morgan fingerprint density at radius 2 is 2.36 bits per heavy atom. The van der Waals surface area contributed by atoms with Gasteiger partial charge in [0.15, 0.2) is 11.3 Å². The Hall–Kier alpha value is -2.11. The second kappa shape index (κ2) is 2.69. The van der Waals surface area contributed by atoms with Gasteiger partial charge in [-0.25, -0.2) is 9.78 Å². The maximum absolute atomic E-state index is 10.8. The second-order valence-corrected chi connectivity index (χ2v) is 2.88. The average molecular weight is 192 g/mol. The lowest BCUT2D eigenvalue weighted by Crippen LogP contribution is -2.11. The molecule has 0 unspecified atom stereocenters. The van der Waals surface area contributed by atoms with Crippen molar-refractivity contribution in [3.8, 4) is 0 Å². The number of nitrogens with two attached hydrogens (primary N) is 1. The van der Waals surface area contributed by atoms with Gasteiger partial charge in [-0.3, -0.25) is 0 Å². The number of anilines is 1. The molecule has 2 aromatic rings. The summed E-state index contributed by atoms with van der Waals surface area (Å²) >= 11 is 0. The van der Waals surface area contributed by atoms with E-state index in [0.717, 1.165) is 0 Å². The highest BCUT2D eigenvalue weighted by atomic mass is 16.4. The molecule has 0 amide bonds. The van der Waals surface area contributed by atoms with Crippen LogP contribution in [0.1, 0.15) is 16.1 Å². The SMILES string of the molecule is Cc1c(C(=O)O)nc2ccnn2c1N. The number of hydrogen-bond donors (Lipinski definition) is 2. The molecule has 0 atom stereocenters. The number of rotatable bonds is 1. The summed E-state index contributed by atoms with van der Waals surface area (Å²) in [6.07, 6.45) is 1.52. The lowest BCUT2D eigenvalue weighted by Gasteiger charge is -2.05. The van der Waals surface area contributed by atoms with Crippen LogP contribution in [0, 0.1) is 6.92 Å². The molecule has 2 heterocycles. The van der Waals surface area contributed by atoms with Gasteiger partial charge in [0.05, 0.1) is 6.20 Å². The first kappa shape index (κ1) is 8.49. The number of aromatic nitrogens is 3. The number of fused-ring (bicyclic) bond motifs is 1. The molecule has 0 spiro atoms. The van der Waals surface area contributed by atoms with Crippen molar-refractivity contribution in [2.45, 2.75) is 6.92 Å². The normalized spacial score (nSPS) is 10.6. The van der Waals surface area contributed by atoms with Gasteiger partial charge in [-0.1, -0.05) is 0 Å². The average Bonchev–Trinajstić information content (AvgIpc) is 2.58. The molecule has 0 saturated heterocycles. The van der Waals surface area contributed by atoms with Crippen LogP contribution in [0.5, 0.6) is 0 Å².